The fourth-order valence-electron chi connectivity index (χ4n) is 4.06. The van der Waals surface area contributed by atoms with Gasteiger partial charge in [0.1, 0.15) is 0 Å². The highest BCUT2D eigenvalue weighted by molar-refractivity contribution is 5.90. The van der Waals surface area contributed by atoms with Gasteiger partial charge in [0.05, 0.1) is 6.42 Å². The van der Waals surface area contributed by atoms with Crippen LogP contribution in [0.2, 0.25) is 0 Å². The molecule has 1 aliphatic heterocycles. The van der Waals surface area contributed by atoms with Crippen LogP contribution in [0.5, 0.6) is 0 Å². The summed E-state index contributed by atoms with van der Waals surface area (Å²) in [6.07, 6.45) is 3.39. The molecule has 138 valence electrons. The van der Waals surface area contributed by atoms with Crippen molar-refractivity contribution < 1.29 is 9.59 Å². The molecule has 2 aliphatic rings. The van der Waals surface area contributed by atoms with Gasteiger partial charge in [-0.15, -0.1) is 0 Å². The minimum absolute atomic E-state index is 0.171. The van der Waals surface area contributed by atoms with Gasteiger partial charge in [0, 0.05) is 55.7 Å². The molecule has 1 aromatic carbocycles. The molecule has 26 heavy (non-hydrogen) atoms. The third kappa shape index (κ3) is 3.11. The molecule has 2 fully saturated rings. The van der Waals surface area contributed by atoms with E-state index in [4.69, 9.17) is 0 Å². The quantitative estimate of drug-likeness (QED) is 0.851. The van der Waals surface area contributed by atoms with Crippen molar-refractivity contribution >= 4 is 22.7 Å². The van der Waals surface area contributed by atoms with Crippen LogP contribution in [0.4, 0.5) is 0 Å². The first-order chi connectivity index (χ1) is 12.6. The van der Waals surface area contributed by atoms with E-state index in [1.54, 1.807) is 0 Å². The zero-order valence-electron chi connectivity index (χ0n) is 15.7. The Bertz CT molecular complexity index is 850. The second-order valence-electron chi connectivity index (χ2n) is 7.65. The van der Waals surface area contributed by atoms with Gasteiger partial charge >= 0.3 is 0 Å². The topological polar surface area (TPSA) is 45.6 Å². The number of carbonyl (C=O) groups excluding carboxylic acids is 2. The van der Waals surface area contributed by atoms with E-state index >= 15 is 0 Å². The number of aromatic nitrogens is 1. The third-order valence-corrected chi connectivity index (χ3v) is 5.95. The Morgan fingerprint density at radius 3 is 2.50 bits per heavy atom. The van der Waals surface area contributed by atoms with Crippen LogP contribution < -0.4 is 0 Å². The second-order valence-corrected chi connectivity index (χ2v) is 7.65. The number of fused-ring (bicyclic) bond motifs is 1. The highest BCUT2D eigenvalue weighted by Crippen LogP contribution is 2.31. The number of para-hydroxylation sites is 1. The average Bonchev–Trinajstić information content (AvgIpc) is 3.48. The van der Waals surface area contributed by atoms with E-state index in [9.17, 15) is 9.59 Å². The van der Waals surface area contributed by atoms with Gasteiger partial charge in [-0.05, 0) is 37.8 Å². The molecule has 0 spiro atoms. The maximum Gasteiger partial charge on any atom is 0.227 e. The van der Waals surface area contributed by atoms with Gasteiger partial charge in [0.2, 0.25) is 11.8 Å². The van der Waals surface area contributed by atoms with Crippen molar-refractivity contribution in [1.82, 2.24) is 14.4 Å². The largest absolute Gasteiger partial charge is 0.348 e. The fourth-order valence-corrected chi connectivity index (χ4v) is 4.06. The molecule has 0 atom stereocenters. The molecule has 1 saturated carbocycles. The summed E-state index contributed by atoms with van der Waals surface area (Å²) in [6.45, 7) is 4.95. The number of hydrogen-bond donors (Lipinski definition) is 0. The summed E-state index contributed by atoms with van der Waals surface area (Å²) >= 11 is 0. The van der Waals surface area contributed by atoms with Crippen LogP contribution in [-0.4, -0.2) is 52.4 Å². The lowest BCUT2D eigenvalue weighted by molar-refractivity contribution is -0.134. The van der Waals surface area contributed by atoms with Crippen molar-refractivity contribution in [1.29, 1.82) is 0 Å². The minimum Gasteiger partial charge on any atom is -0.348 e. The number of benzene rings is 1. The Balaban J connectivity index is 1.47. The van der Waals surface area contributed by atoms with Crippen molar-refractivity contribution in [3.63, 3.8) is 0 Å². The molecule has 1 aliphatic carbocycles. The van der Waals surface area contributed by atoms with Gasteiger partial charge in [-0.3, -0.25) is 9.59 Å². The first-order valence-electron chi connectivity index (χ1n) is 9.65. The van der Waals surface area contributed by atoms with Gasteiger partial charge in [-0.25, -0.2) is 0 Å². The lowest BCUT2D eigenvalue weighted by Gasteiger charge is -2.22. The first-order valence-corrected chi connectivity index (χ1v) is 9.65. The number of hydrogen-bond acceptors (Lipinski definition) is 2. The van der Waals surface area contributed by atoms with Crippen molar-refractivity contribution in [3.05, 3.63) is 35.5 Å². The van der Waals surface area contributed by atoms with Gasteiger partial charge in [0.25, 0.3) is 0 Å². The molecular formula is C21H27N3O2. The van der Waals surface area contributed by atoms with Crippen LogP contribution in [0.25, 0.3) is 10.9 Å². The van der Waals surface area contributed by atoms with E-state index in [2.05, 4.69) is 30.7 Å². The summed E-state index contributed by atoms with van der Waals surface area (Å²) in [4.78, 5) is 29.2. The number of amides is 2. The van der Waals surface area contributed by atoms with Crippen LogP contribution in [0.3, 0.4) is 0 Å². The summed E-state index contributed by atoms with van der Waals surface area (Å²) in [5.41, 5.74) is 3.45. The van der Waals surface area contributed by atoms with E-state index < -0.39 is 0 Å². The van der Waals surface area contributed by atoms with Crippen LogP contribution >= 0.6 is 0 Å². The normalized spacial score (nSPS) is 18.2. The molecule has 0 radical (unpaired) electrons. The van der Waals surface area contributed by atoms with Crippen molar-refractivity contribution in [2.45, 2.75) is 32.6 Å². The molecule has 1 aromatic heterocycles. The Morgan fingerprint density at radius 2 is 1.73 bits per heavy atom. The van der Waals surface area contributed by atoms with E-state index in [0.29, 0.717) is 25.4 Å². The van der Waals surface area contributed by atoms with Crippen molar-refractivity contribution in [2.24, 2.45) is 13.0 Å². The van der Waals surface area contributed by atoms with E-state index in [1.807, 2.05) is 21.9 Å². The number of nitrogens with zero attached hydrogens (tertiary/aromatic N) is 3. The molecule has 5 nitrogen and oxygen atoms in total. The van der Waals surface area contributed by atoms with Crippen molar-refractivity contribution in [2.75, 3.05) is 26.2 Å². The average molecular weight is 353 g/mol. The molecule has 4 rings (SSSR count). The first kappa shape index (κ1) is 17.1. The zero-order valence-corrected chi connectivity index (χ0v) is 15.7. The van der Waals surface area contributed by atoms with Crippen LogP contribution in [0.1, 0.15) is 30.5 Å². The van der Waals surface area contributed by atoms with Gasteiger partial charge < -0.3 is 14.4 Å². The summed E-state index contributed by atoms with van der Waals surface area (Å²) in [5, 5.41) is 1.17. The number of aryl methyl sites for hydroxylation is 1. The highest BCUT2D eigenvalue weighted by Gasteiger charge is 2.34. The molecule has 0 unspecified atom stereocenters. The Labute approximate surface area is 154 Å². The molecule has 2 amide bonds. The molecule has 0 N–H and O–H groups in total. The fraction of sp³-hybridized carbons (Fsp3) is 0.524. The number of rotatable bonds is 3. The molecule has 0 bridgehead atoms. The van der Waals surface area contributed by atoms with E-state index in [1.165, 1.54) is 10.9 Å². The van der Waals surface area contributed by atoms with Gasteiger partial charge in [0.15, 0.2) is 0 Å². The monoisotopic (exact) mass is 353 g/mol. The zero-order chi connectivity index (χ0) is 18.3. The summed E-state index contributed by atoms with van der Waals surface area (Å²) in [5.74, 6) is 0.727. The molecule has 2 heterocycles. The maximum atomic E-state index is 13.0. The van der Waals surface area contributed by atoms with Crippen LogP contribution in [0, 0.1) is 12.8 Å². The summed E-state index contributed by atoms with van der Waals surface area (Å²) in [7, 11) is 2.05. The molecule has 1 saturated heterocycles. The smallest absolute Gasteiger partial charge is 0.227 e. The maximum absolute atomic E-state index is 13.0. The third-order valence-electron chi connectivity index (χ3n) is 5.95. The van der Waals surface area contributed by atoms with E-state index in [-0.39, 0.29) is 11.8 Å². The van der Waals surface area contributed by atoms with Crippen LogP contribution in [0.15, 0.2) is 24.3 Å². The van der Waals surface area contributed by atoms with E-state index in [0.717, 1.165) is 43.6 Å². The Kier molecular flexibility index (Phi) is 4.47. The lowest BCUT2D eigenvalue weighted by atomic mass is 10.1. The standard InChI is InChI=1S/C21H27N3O2/c1-15-18(17-6-3-4-7-19(17)22(15)2)14-20(25)23-10-5-11-24(13-12-23)21(26)16-8-9-16/h3-4,6-7,16H,5,8-14H2,1-2H3. The molecule has 5 heteroatoms. The highest BCUT2D eigenvalue weighted by atomic mass is 16.2. The summed E-state index contributed by atoms with van der Waals surface area (Å²) in [6, 6.07) is 8.27. The van der Waals surface area contributed by atoms with Gasteiger partial charge in [-0.2, -0.15) is 0 Å². The molecular weight excluding hydrogens is 326 g/mol. The lowest BCUT2D eigenvalue weighted by Crippen LogP contribution is -2.38. The second kappa shape index (κ2) is 6.78. The predicted molar refractivity (Wildman–Crippen MR) is 102 cm³/mol. The summed E-state index contributed by atoms with van der Waals surface area (Å²) < 4.78 is 2.16. The Hall–Kier alpha value is -2.30. The Morgan fingerprint density at radius 1 is 1.04 bits per heavy atom. The van der Waals surface area contributed by atoms with Crippen LogP contribution in [-0.2, 0) is 23.1 Å². The number of carbonyl (C=O) groups is 2. The minimum atomic E-state index is 0.171. The SMILES string of the molecule is Cc1c(CC(=O)N2CCCN(C(=O)C3CC3)CC2)c2ccccc2n1C. The van der Waals surface area contributed by atoms with Crippen molar-refractivity contribution in [3.8, 4) is 0 Å². The van der Waals surface area contributed by atoms with Gasteiger partial charge in [-0.1, -0.05) is 18.2 Å². The predicted octanol–water partition coefficient (Wildman–Crippen LogP) is 2.50. The molecule has 2 aromatic rings.